The van der Waals surface area contributed by atoms with Crippen LogP contribution < -0.4 is 16.8 Å². The maximum Gasteiger partial charge on any atom is 0.248 e. The van der Waals surface area contributed by atoms with Crippen LogP contribution in [0.1, 0.15) is 12.0 Å². The fourth-order valence-electron chi connectivity index (χ4n) is 2.29. The Morgan fingerprint density at radius 2 is 1.77 bits per heavy atom. The average Bonchev–Trinajstić information content (AvgIpc) is 2.66. The summed E-state index contributed by atoms with van der Waals surface area (Å²) in [5, 5.41) is 2.72. The first kappa shape index (κ1) is 19.0. The Bertz CT molecular complexity index is 795. The molecule has 0 saturated carbocycles. The smallest absolute Gasteiger partial charge is 0.248 e. The Labute approximate surface area is 154 Å². The number of nitrogens with two attached hydrogens (primary N) is 2. The summed E-state index contributed by atoms with van der Waals surface area (Å²) in [6.45, 7) is 0.701. The van der Waals surface area contributed by atoms with Gasteiger partial charge in [0.2, 0.25) is 5.91 Å². The number of nitrogens with zero attached hydrogens (tertiary/aromatic N) is 1. The molecule has 1 amide bonds. The van der Waals surface area contributed by atoms with E-state index in [1.165, 1.54) is 17.8 Å². The molecule has 0 radical (unpaired) electrons. The molecule has 0 aromatic heterocycles. The SMILES string of the molecule is NC=C(C=NCCCc1ccccc1)/C=C/C(=O)Nc1ccccc1N. The number of allylic oxidation sites excluding steroid dienone is 2. The van der Waals surface area contributed by atoms with E-state index in [0.717, 1.165) is 12.8 Å². The van der Waals surface area contributed by atoms with Crippen molar-refractivity contribution in [2.24, 2.45) is 10.7 Å². The fraction of sp³-hybridized carbons (Fsp3) is 0.143. The number of hydrogen-bond acceptors (Lipinski definition) is 4. The van der Waals surface area contributed by atoms with Crippen molar-refractivity contribution in [3.05, 3.63) is 84.1 Å². The molecule has 0 atom stereocenters. The number of carbonyl (C=O) groups is 1. The highest BCUT2D eigenvalue weighted by Gasteiger charge is 2.00. The summed E-state index contributed by atoms with van der Waals surface area (Å²) >= 11 is 0. The number of aryl methyl sites for hydroxylation is 1. The molecule has 0 aliphatic heterocycles. The quantitative estimate of drug-likeness (QED) is 0.225. The number of carbonyl (C=O) groups excluding carboxylic acids is 1. The number of rotatable bonds is 8. The zero-order valence-corrected chi connectivity index (χ0v) is 14.6. The van der Waals surface area contributed by atoms with E-state index in [9.17, 15) is 4.79 Å². The highest BCUT2D eigenvalue weighted by molar-refractivity contribution is 6.02. The molecule has 5 heteroatoms. The molecule has 0 aliphatic rings. The largest absolute Gasteiger partial charge is 0.404 e. The number of nitrogen functional groups attached to an aromatic ring is 1. The molecule has 0 spiro atoms. The van der Waals surface area contributed by atoms with Crippen LogP contribution in [-0.4, -0.2) is 18.7 Å². The minimum Gasteiger partial charge on any atom is -0.404 e. The van der Waals surface area contributed by atoms with E-state index < -0.39 is 0 Å². The van der Waals surface area contributed by atoms with Gasteiger partial charge in [-0.2, -0.15) is 0 Å². The number of aliphatic imine (C=N–C) groups is 1. The number of nitrogens with one attached hydrogen (secondary N) is 1. The predicted octanol–water partition coefficient (Wildman–Crippen LogP) is 3.31. The number of amides is 1. The summed E-state index contributed by atoms with van der Waals surface area (Å²) in [5.41, 5.74) is 14.4. The first-order valence-electron chi connectivity index (χ1n) is 8.48. The molecule has 0 unspecified atom stereocenters. The Hall–Kier alpha value is -3.34. The van der Waals surface area contributed by atoms with Gasteiger partial charge in [-0.05, 0) is 36.6 Å². The lowest BCUT2D eigenvalue weighted by molar-refractivity contribution is -0.111. The fourth-order valence-corrected chi connectivity index (χ4v) is 2.29. The molecule has 26 heavy (non-hydrogen) atoms. The Morgan fingerprint density at radius 1 is 1.04 bits per heavy atom. The number of para-hydroxylation sites is 2. The van der Waals surface area contributed by atoms with Crippen LogP contribution in [0.3, 0.4) is 0 Å². The monoisotopic (exact) mass is 348 g/mol. The van der Waals surface area contributed by atoms with Crippen LogP contribution >= 0.6 is 0 Å². The molecule has 5 nitrogen and oxygen atoms in total. The third-order valence-electron chi connectivity index (χ3n) is 3.67. The lowest BCUT2D eigenvalue weighted by atomic mass is 10.1. The molecule has 0 heterocycles. The van der Waals surface area contributed by atoms with Gasteiger partial charge in [0, 0.05) is 30.6 Å². The topological polar surface area (TPSA) is 93.5 Å². The standard InChI is InChI=1S/C21H24N4O/c22-15-18(16-24-14-6-9-17-7-2-1-3-8-17)12-13-21(26)25-20-11-5-4-10-19(20)23/h1-5,7-8,10-13,15-16H,6,9,14,22-23H2,(H,25,26)/b13-12+,18-15?,24-16?. The van der Waals surface area contributed by atoms with Crippen LogP contribution in [0.4, 0.5) is 11.4 Å². The van der Waals surface area contributed by atoms with Gasteiger partial charge in [-0.3, -0.25) is 9.79 Å². The van der Waals surface area contributed by atoms with Crippen LogP contribution in [0.25, 0.3) is 0 Å². The second-order valence-electron chi connectivity index (χ2n) is 5.70. The van der Waals surface area contributed by atoms with E-state index in [4.69, 9.17) is 11.5 Å². The Morgan fingerprint density at radius 3 is 2.50 bits per heavy atom. The number of hydrogen-bond donors (Lipinski definition) is 3. The molecule has 0 fully saturated rings. The van der Waals surface area contributed by atoms with Crippen LogP contribution in [0, 0.1) is 0 Å². The van der Waals surface area contributed by atoms with Gasteiger partial charge >= 0.3 is 0 Å². The number of anilines is 2. The minimum atomic E-state index is -0.278. The lowest BCUT2D eigenvalue weighted by Gasteiger charge is -2.04. The second-order valence-corrected chi connectivity index (χ2v) is 5.70. The van der Waals surface area contributed by atoms with E-state index in [1.54, 1.807) is 24.4 Å². The second kappa shape index (κ2) is 10.5. The summed E-state index contributed by atoms with van der Waals surface area (Å²) in [5.74, 6) is -0.278. The van der Waals surface area contributed by atoms with E-state index in [0.29, 0.717) is 23.5 Å². The normalized spacial score (nSPS) is 11.9. The first-order valence-corrected chi connectivity index (χ1v) is 8.48. The molecule has 0 saturated heterocycles. The lowest BCUT2D eigenvalue weighted by Crippen LogP contribution is -2.09. The Balaban J connectivity index is 1.78. The van der Waals surface area contributed by atoms with E-state index in [1.807, 2.05) is 30.3 Å². The van der Waals surface area contributed by atoms with E-state index >= 15 is 0 Å². The zero-order valence-electron chi connectivity index (χ0n) is 14.6. The van der Waals surface area contributed by atoms with Gasteiger partial charge in [0.1, 0.15) is 0 Å². The van der Waals surface area contributed by atoms with Gasteiger partial charge in [0.25, 0.3) is 0 Å². The first-order chi connectivity index (χ1) is 12.7. The van der Waals surface area contributed by atoms with Crippen molar-refractivity contribution in [1.29, 1.82) is 0 Å². The maximum atomic E-state index is 12.0. The summed E-state index contributed by atoms with van der Waals surface area (Å²) < 4.78 is 0. The van der Waals surface area contributed by atoms with Gasteiger partial charge in [-0.1, -0.05) is 42.5 Å². The molecule has 0 aliphatic carbocycles. The highest BCUT2D eigenvalue weighted by atomic mass is 16.1. The van der Waals surface area contributed by atoms with Crippen LogP contribution in [0.15, 0.2) is 83.5 Å². The molecule has 5 N–H and O–H groups in total. The van der Waals surface area contributed by atoms with Crippen LogP contribution in [0.2, 0.25) is 0 Å². The summed E-state index contributed by atoms with van der Waals surface area (Å²) in [7, 11) is 0. The maximum absolute atomic E-state index is 12.0. The van der Waals surface area contributed by atoms with Gasteiger partial charge in [0.05, 0.1) is 11.4 Å². The van der Waals surface area contributed by atoms with E-state index in [-0.39, 0.29) is 5.91 Å². The van der Waals surface area contributed by atoms with Crippen molar-refractivity contribution in [2.45, 2.75) is 12.8 Å². The van der Waals surface area contributed by atoms with Gasteiger partial charge < -0.3 is 16.8 Å². The molecule has 2 aromatic rings. The molecule has 134 valence electrons. The van der Waals surface area contributed by atoms with Gasteiger partial charge in [0.15, 0.2) is 0 Å². The molecule has 2 aromatic carbocycles. The van der Waals surface area contributed by atoms with Crippen molar-refractivity contribution in [2.75, 3.05) is 17.6 Å². The van der Waals surface area contributed by atoms with Crippen molar-refractivity contribution in [3.63, 3.8) is 0 Å². The van der Waals surface area contributed by atoms with Crippen molar-refractivity contribution < 1.29 is 4.79 Å². The molecular formula is C21H24N4O. The average molecular weight is 348 g/mol. The molecule has 2 rings (SSSR count). The van der Waals surface area contributed by atoms with Crippen molar-refractivity contribution in [3.8, 4) is 0 Å². The zero-order chi connectivity index (χ0) is 18.6. The summed E-state index contributed by atoms with van der Waals surface area (Å²) in [4.78, 5) is 16.3. The summed E-state index contributed by atoms with van der Waals surface area (Å²) in [6, 6.07) is 17.4. The van der Waals surface area contributed by atoms with Crippen molar-refractivity contribution in [1.82, 2.24) is 0 Å². The van der Waals surface area contributed by atoms with Gasteiger partial charge in [-0.15, -0.1) is 0 Å². The predicted molar refractivity (Wildman–Crippen MR) is 109 cm³/mol. The van der Waals surface area contributed by atoms with Crippen molar-refractivity contribution >= 4 is 23.5 Å². The third-order valence-corrected chi connectivity index (χ3v) is 3.67. The van der Waals surface area contributed by atoms with E-state index in [2.05, 4.69) is 22.4 Å². The Kier molecular flexibility index (Phi) is 7.68. The van der Waals surface area contributed by atoms with Crippen LogP contribution in [-0.2, 0) is 11.2 Å². The van der Waals surface area contributed by atoms with Gasteiger partial charge in [-0.25, -0.2) is 0 Å². The minimum absolute atomic E-state index is 0.278. The third kappa shape index (κ3) is 6.65. The number of benzene rings is 2. The highest BCUT2D eigenvalue weighted by Crippen LogP contribution is 2.16. The molecular weight excluding hydrogens is 324 g/mol. The van der Waals surface area contributed by atoms with Crippen LogP contribution in [0.5, 0.6) is 0 Å². The summed E-state index contributed by atoms with van der Waals surface area (Å²) in [6.07, 6.45) is 8.05. The molecule has 0 bridgehead atoms.